The van der Waals surface area contributed by atoms with Gasteiger partial charge >= 0.3 is 0 Å². The summed E-state index contributed by atoms with van der Waals surface area (Å²) < 4.78 is 12.9. The molecule has 1 aliphatic rings. The van der Waals surface area contributed by atoms with Crippen LogP contribution in [0, 0.1) is 5.82 Å². The summed E-state index contributed by atoms with van der Waals surface area (Å²) in [6.07, 6.45) is 6.99. The molecule has 0 spiro atoms. The van der Waals surface area contributed by atoms with Gasteiger partial charge in [0.2, 0.25) is 0 Å². The Morgan fingerprint density at radius 1 is 1.16 bits per heavy atom. The molecule has 0 radical (unpaired) electrons. The summed E-state index contributed by atoms with van der Waals surface area (Å²) in [5.41, 5.74) is 7.75. The topological polar surface area (TPSA) is 29.3 Å². The van der Waals surface area contributed by atoms with Crippen LogP contribution in [0.1, 0.15) is 37.7 Å². The average Bonchev–Trinajstić information content (AvgIpc) is 2.42. The molecule has 1 unspecified atom stereocenters. The van der Waals surface area contributed by atoms with Crippen LogP contribution < -0.4 is 5.73 Å². The van der Waals surface area contributed by atoms with Crippen molar-refractivity contribution >= 4 is 0 Å². The lowest BCUT2D eigenvalue weighted by Crippen LogP contribution is -2.59. The van der Waals surface area contributed by atoms with Gasteiger partial charge < -0.3 is 10.6 Å². The lowest BCUT2D eigenvalue weighted by molar-refractivity contribution is 0.0716. The molecule has 0 amide bonds. The van der Waals surface area contributed by atoms with E-state index in [1.54, 1.807) is 0 Å². The highest BCUT2D eigenvalue weighted by Gasteiger charge is 2.39. The molecule has 0 heterocycles. The molecule has 2 N–H and O–H groups in total. The number of hydrogen-bond acceptors (Lipinski definition) is 2. The van der Waals surface area contributed by atoms with Crippen molar-refractivity contribution in [1.29, 1.82) is 0 Å². The van der Waals surface area contributed by atoms with Gasteiger partial charge in [0.15, 0.2) is 0 Å². The molecule has 1 aromatic carbocycles. The van der Waals surface area contributed by atoms with Crippen molar-refractivity contribution in [2.75, 3.05) is 14.1 Å². The van der Waals surface area contributed by atoms with E-state index in [1.807, 2.05) is 12.1 Å². The monoisotopic (exact) mass is 264 g/mol. The van der Waals surface area contributed by atoms with Crippen molar-refractivity contribution in [1.82, 2.24) is 4.90 Å². The summed E-state index contributed by atoms with van der Waals surface area (Å²) in [4.78, 5) is 2.31. The molecule has 0 aromatic heterocycles. The molecule has 0 bridgehead atoms. The van der Waals surface area contributed by atoms with Crippen LogP contribution in [0.25, 0.3) is 0 Å². The second-order valence-electron chi connectivity index (χ2n) is 6.00. The summed E-state index contributed by atoms with van der Waals surface area (Å²) in [6.45, 7) is 0. The van der Waals surface area contributed by atoms with Gasteiger partial charge in [-0.05, 0) is 51.1 Å². The van der Waals surface area contributed by atoms with Gasteiger partial charge in [-0.25, -0.2) is 4.39 Å². The van der Waals surface area contributed by atoms with Crippen LogP contribution >= 0.6 is 0 Å². The maximum absolute atomic E-state index is 12.9. The van der Waals surface area contributed by atoms with Crippen molar-refractivity contribution in [2.24, 2.45) is 5.73 Å². The first-order valence-electron chi connectivity index (χ1n) is 7.22. The Morgan fingerprint density at radius 3 is 2.26 bits per heavy atom. The van der Waals surface area contributed by atoms with Gasteiger partial charge in [-0.15, -0.1) is 0 Å². The molecule has 106 valence electrons. The number of benzene rings is 1. The van der Waals surface area contributed by atoms with Crippen LogP contribution in [0.2, 0.25) is 0 Å². The fraction of sp³-hybridized carbons (Fsp3) is 0.625. The lowest BCUT2D eigenvalue weighted by Gasteiger charge is -2.47. The number of nitrogens with two attached hydrogens (primary N) is 1. The van der Waals surface area contributed by atoms with Gasteiger partial charge in [0.05, 0.1) is 0 Å². The standard InChI is InChI=1S/C16H25FN2/c1-19(2)16(10-4-3-5-11-16)15(18)12-13-6-8-14(17)9-7-13/h6-9,15H,3-5,10-12,18H2,1-2H3. The Bertz CT molecular complexity index is 394. The van der Waals surface area contributed by atoms with E-state index in [-0.39, 0.29) is 17.4 Å². The minimum Gasteiger partial charge on any atom is -0.326 e. The normalized spacial score (nSPS) is 20.5. The maximum atomic E-state index is 12.9. The number of nitrogens with zero attached hydrogens (tertiary/aromatic N) is 1. The van der Waals surface area contributed by atoms with Crippen LogP contribution in [0.4, 0.5) is 4.39 Å². The first-order chi connectivity index (χ1) is 9.04. The Morgan fingerprint density at radius 2 is 1.74 bits per heavy atom. The zero-order valence-corrected chi connectivity index (χ0v) is 12.0. The summed E-state index contributed by atoms with van der Waals surface area (Å²) in [6, 6.07) is 6.84. The predicted molar refractivity (Wildman–Crippen MR) is 77.6 cm³/mol. The number of likely N-dealkylation sites (N-methyl/N-ethyl adjacent to an activating group) is 1. The van der Waals surface area contributed by atoms with Gasteiger partial charge in [-0.2, -0.15) is 0 Å². The molecule has 2 nitrogen and oxygen atoms in total. The minimum absolute atomic E-state index is 0.104. The van der Waals surface area contributed by atoms with Gasteiger partial charge in [-0.1, -0.05) is 31.4 Å². The van der Waals surface area contributed by atoms with E-state index in [2.05, 4.69) is 19.0 Å². The van der Waals surface area contributed by atoms with E-state index >= 15 is 0 Å². The highest BCUT2D eigenvalue weighted by molar-refractivity contribution is 5.19. The second kappa shape index (κ2) is 6.02. The molecule has 0 saturated heterocycles. The van der Waals surface area contributed by atoms with E-state index in [9.17, 15) is 4.39 Å². The van der Waals surface area contributed by atoms with E-state index in [0.29, 0.717) is 0 Å². The zero-order valence-electron chi connectivity index (χ0n) is 12.0. The molecule has 3 heteroatoms. The van der Waals surface area contributed by atoms with E-state index in [4.69, 9.17) is 5.73 Å². The van der Waals surface area contributed by atoms with E-state index in [1.165, 1.54) is 44.2 Å². The summed E-state index contributed by atoms with van der Waals surface area (Å²) >= 11 is 0. The summed E-state index contributed by atoms with van der Waals surface area (Å²) in [5, 5.41) is 0. The van der Waals surface area contributed by atoms with Gasteiger partial charge in [-0.3, -0.25) is 0 Å². The smallest absolute Gasteiger partial charge is 0.123 e. The molecule has 1 fully saturated rings. The van der Waals surface area contributed by atoms with Crippen LogP contribution in [0.15, 0.2) is 24.3 Å². The van der Waals surface area contributed by atoms with E-state index in [0.717, 1.165) is 12.0 Å². The Labute approximate surface area is 115 Å². The molecule has 1 atom stereocenters. The highest BCUT2D eigenvalue weighted by Crippen LogP contribution is 2.35. The van der Waals surface area contributed by atoms with Gasteiger partial charge in [0.25, 0.3) is 0 Å². The fourth-order valence-electron chi connectivity index (χ4n) is 3.38. The van der Waals surface area contributed by atoms with Crippen LogP contribution in [-0.4, -0.2) is 30.6 Å². The van der Waals surface area contributed by atoms with Crippen molar-refractivity contribution in [2.45, 2.75) is 50.1 Å². The highest BCUT2D eigenvalue weighted by atomic mass is 19.1. The number of hydrogen-bond donors (Lipinski definition) is 1. The Hall–Kier alpha value is -0.930. The number of rotatable bonds is 4. The quantitative estimate of drug-likeness (QED) is 0.906. The third-order valence-electron chi connectivity index (χ3n) is 4.67. The van der Waals surface area contributed by atoms with Gasteiger partial charge in [0.1, 0.15) is 5.82 Å². The first kappa shape index (κ1) is 14.5. The molecular weight excluding hydrogens is 239 g/mol. The molecule has 19 heavy (non-hydrogen) atoms. The largest absolute Gasteiger partial charge is 0.326 e. The molecule has 1 saturated carbocycles. The summed E-state index contributed by atoms with van der Waals surface area (Å²) in [5.74, 6) is -0.183. The molecule has 1 aromatic rings. The second-order valence-corrected chi connectivity index (χ2v) is 6.00. The molecule has 2 rings (SSSR count). The maximum Gasteiger partial charge on any atom is 0.123 e. The third-order valence-corrected chi connectivity index (χ3v) is 4.67. The minimum atomic E-state index is -0.183. The van der Waals surface area contributed by atoms with Crippen molar-refractivity contribution < 1.29 is 4.39 Å². The van der Waals surface area contributed by atoms with Crippen molar-refractivity contribution in [3.8, 4) is 0 Å². The number of halogens is 1. The van der Waals surface area contributed by atoms with Crippen LogP contribution in [0.3, 0.4) is 0 Å². The Kier molecular flexibility index (Phi) is 4.58. The van der Waals surface area contributed by atoms with Gasteiger partial charge in [0, 0.05) is 11.6 Å². The Balaban J connectivity index is 2.11. The first-order valence-corrected chi connectivity index (χ1v) is 7.22. The fourth-order valence-corrected chi connectivity index (χ4v) is 3.38. The average molecular weight is 264 g/mol. The molecule has 1 aliphatic carbocycles. The van der Waals surface area contributed by atoms with Crippen LogP contribution in [-0.2, 0) is 6.42 Å². The van der Waals surface area contributed by atoms with Crippen molar-refractivity contribution in [3.63, 3.8) is 0 Å². The third kappa shape index (κ3) is 3.15. The van der Waals surface area contributed by atoms with E-state index < -0.39 is 0 Å². The van der Waals surface area contributed by atoms with Crippen LogP contribution in [0.5, 0.6) is 0 Å². The van der Waals surface area contributed by atoms with Crippen molar-refractivity contribution in [3.05, 3.63) is 35.6 Å². The summed E-state index contributed by atoms with van der Waals surface area (Å²) in [7, 11) is 4.27. The molecule has 0 aliphatic heterocycles. The lowest BCUT2D eigenvalue weighted by atomic mass is 9.74. The SMILES string of the molecule is CN(C)C1(C(N)Cc2ccc(F)cc2)CCCCC1. The zero-order chi connectivity index (χ0) is 13.9. The molecular formula is C16H25FN2. The predicted octanol–water partition coefficient (Wildman–Crippen LogP) is 2.96.